The van der Waals surface area contributed by atoms with Crippen molar-refractivity contribution in [3.8, 4) is 0 Å². The minimum Gasteiger partial charge on any atom is -0.0985 e. The summed E-state index contributed by atoms with van der Waals surface area (Å²) in [5.74, 6) is 0. The number of rotatable bonds is 2. The number of halogens is 1. The van der Waals surface area contributed by atoms with Crippen LogP contribution in [-0.2, 0) is 5.33 Å². The topological polar surface area (TPSA) is 0 Å². The van der Waals surface area contributed by atoms with Gasteiger partial charge in [0.15, 0.2) is 0 Å². The van der Waals surface area contributed by atoms with Gasteiger partial charge in [-0.2, -0.15) is 0 Å². The van der Waals surface area contributed by atoms with Crippen LogP contribution in [0.4, 0.5) is 0 Å². The summed E-state index contributed by atoms with van der Waals surface area (Å²) in [7, 11) is 0. The average molecular weight is 211 g/mol. The van der Waals surface area contributed by atoms with E-state index in [1.54, 1.807) is 0 Å². The van der Waals surface area contributed by atoms with Gasteiger partial charge in [0.25, 0.3) is 0 Å². The van der Waals surface area contributed by atoms with E-state index >= 15 is 0 Å². The Bertz CT molecular complexity index is 264. The van der Waals surface area contributed by atoms with Crippen LogP contribution in [0, 0.1) is 6.92 Å². The fraction of sp³-hybridized carbons (Fsp3) is 0.200. The van der Waals surface area contributed by atoms with Crippen molar-refractivity contribution in [2.24, 2.45) is 0 Å². The molecular formula is C10H11Br. The highest BCUT2D eigenvalue weighted by atomic mass is 79.9. The Kier molecular flexibility index (Phi) is 2.89. The zero-order valence-electron chi connectivity index (χ0n) is 6.60. The van der Waals surface area contributed by atoms with Gasteiger partial charge < -0.3 is 0 Å². The van der Waals surface area contributed by atoms with E-state index in [1.807, 2.05) is 6.08 Å². The lowest BCUT2D eigenvalue weighted by Crippen LogP contribution is -1.83. The lowest BCUT2D eigenvalue weighted by Gasteiger charge is -2.01. The Hall–Kier alpha value is -0.560. The van der Waals surface area contributed by atoms with Gasteiger partial charge >= 0.3 is 0 Å². The first-order chi connectivity index (χ1) is 5.27. The predicted molar refractivity (Wildman–Crippen MR) is 53.9 cm³/mol. The lowest BCUT2D eigenvalue weighted by atomic mass is 10.1. The van der Waals surface area contributed by atoms with E-state index in [4.69, 9.17) is 0 Å². The molecule has 58 valence electrons. The van der Waals surface area contributed by atoms with Crippen LogP contribution >= 0.6 is 15.9 Å². The molecule has 0 saturated carbocycles. The maximum atomic E-state index is 3.75. The van der Waals surface area contributed by atoms with Gasteiger partial charge in [0.2, 0.25) is 0 Å². The van der Waals surface area contributed by atoms with Gasteiger partial charge in [-0.05, 0) is 23.6 Å². The molecule has 1 rings (SSSR count). The quantitative estimate of drug-likeness (QED) is 0.656. The molecule has 0 N–H and O–H groups in total. The van der Waals surface area contributed by atoms with Gasteiger partial charge in [-0.25, -0.2) is 0 Å². The first kappa shape index (κ1) is 8.54. The highest BCUT2D eigenvalue weighted by Crippen LogP contribution is 2.14. The Morgan fingerprint density at radius 2 is 2.27 bits per heavy atom. The van der Waals surface area contributed by atoms with Crippen LogP contribution in [0.2, 0.25) is 0 Å². The second kappa shape index (κ2) is 3.72. The van der Waals surface area contributed by atoms with Crippen molar-refractivity contribution >= 4 is 22.0 Å². The van der Waals surface area contributed by atoms with E-state index in [0.717, 1.165) is 5.33 Å². The van der Waals surface area contributed by atoms with Gasteiger partial charge in [-0.15, -0.1) is 0 Å². The summed E-state index contributed by atoms with van der Waals surface area (Å²) < 4.78 is 0. The summed E-state index contributed by atoms with van der Waals surface area (Å²) in [6.07, 6.45) is 1.89. The Balaban J connectivity index is 3.12. The van der Waals surface area contributed by atoms with E-state index in [1.165, 1.54) is 16.7 Å². The standard InChI is InChI=1S/C10H11Br/c1-3-10-6-9(7-11)5-4-8(10)2/h3-6H,1,7H2,2H3. The minimum absolute atomic E-state index is 0.911. The molecular weight excluding hydrogens is 200 g/mol. The molecule has 0 nitrogen and oxygen atoms in total. The van der Waals surface area contributed by atoms with Crippen LogP contribution in [0.5, 0.6) is 0 Å². The van der Waals surface area contributed by atoms with Crippen molar-refractivity contribution in [3.05, 3.63) is 41.5 Å². The van der Waals surface area contributed by atoms with Crippen molar-refractivity contribution in [1.29, 1.82) is 0 Å². The maximum Gasteiger partial charge on any atom is 0.0283 e. The molecule has 0 atom stereocenters. The largest absolute Gasteiger partial charge is 0.0985 e. The molecule has 0 aliphatic carbocycles. The molecule has 0 amide bonds. The molecule has 0 bridgehead atoms. The van der Waals surface area contributed by atoms with Crippen molar-refractivity contribution in [2.75, 3.05) is 0 Å². The summed E-state index contributed by atoms with van der Waals surface area (Å²) >= 11 is 3.41. The lowest BCUT2D eigenvalue weighted by molar-refractivity contribution is 1.36. The van der Waals surface area contributed by atoms with E-state index < -0.39 is 0 Å². The van der Waals surface area contributed by atoms with Crippen molar-refractivity contribution < 1.29 is 0 Å². The molecule has 11 heavy (non-hydrogen) atoms. The van der Waals surface area contributed by atoms with Crippen LogP contribution in [0.25, 0.3) is 6.08 Å². The summed E-state index contributed by atoms with van der Waals surface area (Å²) in [6.45, 7) is 5.84. The predicted octanol–water partition coefficient (Wildman–Crippen LogP) is 3.53. The average Bonchev–Trinajstić information content (AvgIpc) is 2.05. The first-order valence-electron chi connectivity index (χ1n) is 3.56. The molecule has 0 radical (unpaired) electrons. The van der Waals surface area contributed by atoms with Gasteiger partial charge in [-0.1, -0.05) is 46.8 Å². The third-order valence-electron chi connectivity index (χ3n) is 1.72. The molecule has 0 aliphatic heterocycles. The van der Waals surface area contributed by atoms with Crippen molar-refractivity contribution in [1.82, 2.24) is 0 Å². The first-order valence-corrected chi connectivity index (χ1v) is 4.68. The third kappa shape index (κ3) is 1.93. The zero-order valence-corrected chi connectivity index (χ0v) is 8.19. The fourth-order valence-corrected chi connectivity index (χ4v) is 1.34. The summed E-state index contributed by atoms with van der Waals surface area (Å²) in [5, 5.41) is 0.911. The Morgan fingerprint density at radius 3 is 2.82 bits per heavy atom. The van der Waals surface area contributed by atoms with Gasteiger partial charge in [-0.3, -0.25) is 0 Å². The van der Waals surface area contributed by atoms with Crippen LogP contribution in [0.15, 0.2) is 24.8 Å². The number of hydrogen-bond donors (Lipinski definition) is 0. The number of alkyl halides is 1. The molecule has 1 aromatic carbocycles. The summed E-state index contributed by atoms with van der Waals surface area (Å²) in [4.78, 5) is 0. The summed E-state index contributed by atoms with van der Waals surface area (Å²) in [5.41, 5.74) is 3.80. The molecule has 0 unspecified atom stereocenters. The third-order valence-corrected chi connectivity index (χ3v) is 2.37. The molecule has 0 fully saturated rings. The van der Waals surface area contributed by atoms with Gasteiger partial charge in [0, 0.05) is 5.33 Å². The highest BCUT2D eigenvalue weighted by molar-refractivity contribution is 9.08. The van der Waals surface area contributed by atoms with Gasteiger partial charge in [0.05, 0.1) is 0 Å². The Morgan fingerprint density at radius 1 is 1.55 bits per heavy atom. The monoisotopic (exact) mass is 210 g/mol. The van der Waals surface area contributed by atoms with Crippen molar-refractivity contribution in [2.45, 2.75) is 12.3 Å². The normalized spacial score (nSPS) is 9.64. The number of aryl methyl sites for hydroxylation is 1. The second-order valence-corrected chi connectivity index (χ2v) is 3.09. The fourth-order valence-electron chi connectivity index (χ4n) is 0.993. The molecule has 0 heterocycles. The molecule has 1 heteroatoms. The minimum atomic E-state index is 0.911. The van der Waals surface area contributed by atoms with Crippen LogP contribution in [-0.4, -0.2) is 0 Å². The molecule has 0 spiro atoms. The molecule has 0 saturated heterocycles. The zero-order chi connectivity index (χ0) is 8.27. The van der Waals surface area contributed by atoms with Gasteiger partial charge in [0.1, 0.15) is 0 Å². The molecule has 1 aromatic rings. The number of benzene rings is 1. The highest BCUT2D eigenvalue weighted by Gasteiger charge is 1.94. The second-order valence-electron chi connectivity index (χ2n) is 2.53. The Labute approximate surface area is 76.1 Å². The van der Waals surface area contributed by atoms with Crippen LogP contribution in [0.3, 0.4) is 0 Å². The smallest absolute Gasteiger partial charge is 0.0283 e. The van der Waals surface area contributed by atoms with Crippen LogP contribution < -0.4 is 0 Å². The van der Waals surface area contributed by atoms with E-state index in [-0.39, 0.29) is 0 Å². The molecule has 0 aliphatic rings. The van der Waals surface area contributed by atoms with E-state index in [0.29, 0.717) is 0 Å². The number of hydrogen-bond acceptors (Lipinski definition) is 0. The van der Waals surface area contributed by atoms with Crippen LogP contribution in [0.1, 0.15) is 16.7 Å². The SMILES string of the molecule is C=Cc1cc(CBr)ccc1C. The van der Waals surface area contributed by atoms with E-state index in [9.17, 15) is 0 Å². The summed E-state index contributed by atoms with van der Waals surface area (Å²) in [6, 6.07) is 6.39. The maximum absolute atomic E-state index is 3.75. The molecule has 0 aromatic heterocycles. The van der Waals surface area contributed by atoms with E-state index in [2.05, 4.69) is 47.6 Å². The van der Waals surface area contributed by atoms with Crippen molar-refractivity contribution in [3.63, 3.8) is 0 Å².